The first-order valence-electron chi connectivity index (χ1n) is 7.49. The van der Waals surface area contributed by atoms with Crippen LogP contribution in [-0.4, -0.2) is 38.7 Å². The average Bonchev–Trinajstić information content (AvgIpc) is 3.20. The molecule has 0 unspecified atom stereocenters. The zero-order valence-electron chi connectivity index (χ0n) is 13.4. The molecule has 0 atom stereocenters. The number of aromatic nitrogens is 4. The maximum Gasteiger partial charge on any atom is 0.339 e. The highest BCUT2D eigenvalue weighted by Crippen LogP contribution is 2.19. The van der Waals surface area contributed by atoms with E-state index in [0.29, 0.717) is 29.1 Å². The molecule has 3 rings (SSSR count). The lowest BCUT2D eigenvalue weighted by Crippen LogP contribution is -2.25. The molecule has 23 heavy (non-hydrogen) atoms. The molecule has 1 aliphatic heterocycles. The number of carbonyl (C=O) groups excluding carboxylic acids is 2. The second kappa shape index (κ2) is 5.86. The summed E-state index contributed by atoms with van der Waals surface area (Å²) in [5.74, 6) is 0.982. The molecule has 0 aliphatic carbocycles. The van der Waals surface area contributed by atoms with Crippen LogP contribution in [0.25, 0.3) is 0 Å². The molecule has 8 heteroatoms. The van der Waals surface area contributed by atoms with E-state index in [0.717, 1.165) is 31.0 Å². The molecule has 1 amide bonds. The largest absolute Gasteiger partial charge is 0.465 e. The van der Waals surface area contributed by atoms with Gasteiger partial charge >= 0.3 is 5.97 Å². The number of H-pyrrole nitrogens is 1. The summed E-state index contributed by atoms with van der Waals surface area (Å²) in [5.41, 5.74) is 1.96. The molecule has 2 N–H and O–H groups in total. The summed E-state index contributed by atoms with van der Waals surface area (Å²) in [7, 11) is 1.32. The number of hydrogen-bond acceptors (Lipinski definition) is 5. The van der Waals surface area contributed by atoms with E-state index in [1.165, 1.54) is 7.11 Å². The van der Waals surface area contributed by atoms with E-state index in [1.807, 2.05) is 4.57 Å². The van der Waals surface area contributed by atoms with E-state index in [9.17, 15) is 9.59 Å². The standard InChI is InChI=1S/C15H19N5O3/c1-8-12(15(22)23-3)9(2)17-13(8)14(21)16-7-11-19-18-10-5-4-6-20(10)11/h17H,4-7H2,1-3H3,(H,16,21). The molecule has 0 fully saturated rings. The molecule has 3 heterocycles. The molecule has 8 nitrogen and oxygen atoms in total. The molecule has 0 saturated carbocycles. The van der Waals surface area contributed by atoms with Crippen LogP contribution in [0, 0.1) is 13.8 Å². The molecular weight excluding hydrogens is 298 g/mol. The topological polar surface area (TPSA) is 102 Å². The van der Waals surface area contributed by atoms with E-state index in [1.54, 1.807) is 13.8 Å². The van der Waals surface area contributed by atoms with Gasteiger partial charge in [0.1, 0.15) is 11.5 Å². The van der Waals surface area contributed by atoms with Crippen LogP contribution in [0.15, 0.2) is 0 Å². The first-order valence-corrected chi connectivity index (χ1v) is 7.49. The summed E-state index contributed by atoms with van der Waals surface area (Å²) in [4.78, 5) is 27.1. The summed E-state index contributed by atoms with van der Waals surface area (Å²) in [6.45, 7) is 4.65. The smallest absolute Gasteiger partial charge is 0.339 e. The SMILES string of the molecule is COC(=O)c1c(C)[nH]c(C(=O)NCc2nnc3n2CCC3)c1C. The van der Waals surface area contributed by atoms with Gasteiger partial charge in [-0.3, -0.25) is 4.79 Å². The molecule has 122 valence electrons. The Kier molecular flexibility index (Phi) is 3.89. The lowest BCUT2D eigenvalue weighted by atomic mass is 10.1. The maximum absolute atomic E-state index is 12.4. The van der Waals surface area contributed by atoms with Gasteiger partial charge in [0.15, 0.2) is 5.82 Å². The predicted molar refractivity (Wildman–Crippen MR) is 81.1 cm³/mol. The Hall–Kier alpha value is -2.64. The van der Waals surface area contributed by atoms with Gasteiger partial charge in [-0.05, 0) is 25.8 Å². The van der Waals surface area contributed by atoms with Gasteiger partial charge in [-0.25, -0.2) is 4.79 Å². The fourth-order valence-corrected chi connectivity index (χ4v) is 2.97. The van der Waals surface area contributed by atoms with Gasteiger partial charge in [0.05, 0.1) is 19.2 Å². The predicted octanol–water partition coefficient (Wildman–Crippen LogP) is 0.886. The van der Waals surface area contributed by atoms with Crippen LogP contribution in [0.4, 0.5) is 0 Å². The number of carbonyl (C=O) groups is 2. The average molecular weight is 317 g/mol. The number of rotatable bonds is 4. The first-order chi connectivity index (χ1) is 11.0. The van der Waals surface area contributed by atoms with Crippen LogP contribution in [0.5, 0.6) is 0 Å². The van der Waals surface area contributed by atoms with Crippen LogP contribution in [0.1, 0.15) is 50.2 Å². The lowest BCUT2D eigenvalue weighted by molar-refractivity contribution is 0.0599. The van der Waals surface area contributed by atoms with Crippen LogP contribution < -0.4 is 5.32 Å². The Morgan fingerprint density at radius 3 is 2.87 bits per heavy atom. The van der Waals surface area contributed by atoms with E-state index in [-0.39, 0.29) is 5.91 Å². The van der Waals surface area contributed by atoms with Crippen molar-refractivity contribution in [3.05, 3.63) is 34.2 Å². The monoisotopic (exact) mass is 317 g/mol. The van der Waals surface area contributed by atoms with Crippen molar-refractivity contribution in [3.63, 3.8) is 0 Å². The summed E-state index contributed by atoms with van der Waals surface area (Å²) >= 11 is 0. The number of methoxy groups -OCH3 is 1. The van der Waals surface area contributed by atoms with Crippen molar-refractivity contribution in [1.82, 2.24) is 25.1 Å². The zero-order chi connectivity index (χ0) is 16.6. The quantitative estimate of drug-likeness (QED) is 0.815. The van der Waals surface area contributed by atoms with Crippen molar-refractivity contribution in [2.75, 3.05) is 7.11 Å². The Morgan fingerprint density at radius 1 is 1.35 bits per heavy atom. The highest BCUT2D eigenvalue weighted by Gasteiger charge is 2.23. The van der Waals surface area contributed by atoms with E-state index in [4.69, 9.17) is 4.74 Å². The fraction of sp³-hybridized carbons (Fsp3) is 0.467. The molecule has 0 aromatic carbocycles. The second-order valence-corrected chi connectivity index (χ2v) is 5.59. The third kappa shape index (κ3) is 2.60. The van der Waals surface area contributed by atoms with Crippen molar-refractivity contribution in [2.24, 2.45) is 0 Å². The molecule has 0 radical (unpaired) electrons. The molecule has 2 aromatic rings. The van der Waals surface area contributed by atoms with Crippen LogP contribution >= 0.6 is 0 Å². The van der Waals surface area contributed by atoms with Gasteiger partial charge in [-0.15, -0.1) is 10.2 Å². The van der Waals surface area contributed by atoms with Crippen LogP contribution in [0.2, 0.25) is 0 Å². The van der Waals surface area contributed by atoms with Gasteiger partial charge in [-0.2, -0.15) is 0 Å². The highest BCUT2D eigenvalue weighted by atomic mass is 16.5. The van der Waals surface area contributed by atoms with Crippen molar-refractivity contribution in [2.45, 2.75) is 39.8 Å². The molecule has 2 aromatic heterocycles. The van der Waals surface area contributed by atoms with Crippen molar-refractivity contribution < 1.29 is 14.3 Å². The van der Waals surface area contributed by atoms with Crippen LogP contribution in [0.3, 0.4) is 0 Å². The van der Waals surface area contributed by atoms with Crippen LogP contribution in [-0.2, 0) is 24.2 Å². The summed E-state index contributed by atoms with van der Waals surface area (Å²) in [6, 6.07) is 0. The minimum Gasteiger partial charge on any atom is -0.465 e. The normalized spacial score (nSPS) is 13.0. The number of ether oxygens (including phenoxy) is 1. The van der Waals surface area contributed by atoms with Gasteiger partial charge in [0.25, 0.3) is 5.91 Å². The van der Waals surface area contributed by atoms with Crippen molar-refractivity contribution in [1.29, 1.82) is 0 Å². The van der Waals surface area contributed by atoms with Gasteiger partial charge in [-0.1, -0.05) is 0 Å². The molecule has 0 bridgehead atoms. The van der Waals surface area contributed by atoms with Crippen molar-refractivity contribution in [3.8, 4) is 0 Å². The summed E-state index contributed by atoms with van der Waals surface area (Å²) in [5, 5.41) is 11.0. The Bertz CT molecular complexity index is 774. The minimum absolute atomic E-state index is 0.281. The number of hydrogen-bond donors (Lipinski definition) is 2. The number of esters is 1. The third-order valence-corrected chi connectivity index (χ3v) is 4.15. The summed E-state index contributed by atoms with van der Waals surface area (Å²) in [6.07, 6.45) is 1.99. The Labute approximate surface area is 133 Å². The van der Waals surface area contributed by atoms with Gasteiger partial charge in [0, 0.05) is 18.7 Å². The maximum atomic E-state index is 12.4. The number of aromatic amines is 1. The molecule has 0 spiro atoms. The lowest BCUT2D eigenvalue weighted by Gasteiger charge is -2.06. The van der Waals surface area contributed by atoms with Crippen molar-refractivity contribution >= 4 is 11.9 Å². The minimum atomic E-state index is -0.453. The van der Waals surface area contributed by atoms with E-state index < -0.39 is 5.97 Å². The highest BCUT2D eigenvalue weighted by molar-refractivity contribution is 6.00. The number of aryl methyl sites for hydroxylation is 2. The Balaban J connectivity index is 1.75. The first kappa shape index (κ1) is 15.3. The fourth-order valence-electron chi connectivity index (χ4n) is 2.97. The number of nitrogens with zero attached hydrogens (tertiary/aromatic N) is 3. The second-order valence-electron chi connectivity index (χ2n) is 5.59. The number of nitrogens with one attached hydrogen (secondary N) is 2. The third-order valence-electron chi connectivity index (χ3n) is 4.15. The number of amides is 1. The number of fused-ring (bicyclic) bond motifs is 1. The van der Waals surface area contributed by atoms with E-state index >= 15 is 0 Å². The van der Waals surface area contributed by atoms with Gasteiger partial charge < -0.3 is 19.6 Å². The zero-order valence-corrected chi connectivity index (χ0v) is 13.4. The molecule has 1 aliphatic rings. The summed E-state index contributed by atoms with van der Waals surface area (Å²) < 4.78 is 6.78. The Morgan fingerprint density at radius 2 is 2.13 bits per heavy atom. The molecule has 0 saturated heterocycles. The van der Waals surface area contributed by atoms with Gasteiger partial charge in [0.2, 0.25) is 0 Å². The van der Waals surface area contributed by atoms with E-state index in [2.05, 4.69) is 20.5 Å². The molecular formula is C15H19N5O3.